The first kappa shape index (κ1) is 29.1. The molecule has 2 aromatic rings. The molecule has 2 atom stereocenters. The zero-order valence-electron chi connectivity index (χ0n) is 20.1. The van der Waals surface area contributed by atoms with Crippen LogP contribution in [0.25, 0.3) is 0 Å². The number of ether oxygens (including phenoxy) is 2. The first-order chi connectivity index (χ1) is 15.3. The maximum absolute atomic E-state index is 6.30. The summed E-state index contributed by atoms with van der Waals surface area (Å²) in [5.41, 5.74) is 13.0. The van der Waals surface area contributed by atoms with E-state index in [0.29, 0.717) is 13.1 Å². The quantitative estimate of drug-likeness (QED) is 0.261. The van der Waals surface area contributed by atoms with Gasteiger partial charge in [0.05, 0.1) is 17.9 Å². The second-order valence-corrected chi connectivity index (χ2v) is 12.8. The fourth-order valence-electron chi connectivity index (χ4n) is 3.21. The number of nitrogens with two attached hydrogens (primary N) is 2. The maximum atomic E-state index is 6.30. The third kappa shape index (κ3) is 6.56. The Bertz CT molecular complexity index is 863. The summed E-state index contributed by atoms with van der Waals surface area (Å²) < 4.78 is 16.1. The fraction of sp³-hybridized carbons (Fsp3) is 0.520. The summed E-state index contributed by atoms with van der Waals surface area (Å²) in [7, 11) is 0. The lowest BCUT2D eigenvalue weighted by Crippen LogP contribution is -2.40. The first-order valence-corrected chi connectivity index (χ1v) is 14.2. The standard InChI is InChI=1S/C25H34Br4N2O2/c1-7-24(5,13-30)32-21-17(26)9-15(10-18(21)27)23(3,4)16-11-19(28)22(20(29)12-16)33-25(6,8-2)14-31/h9-12H,7-8,13-14,30-31H2,1-6H3. The first-order valence-electron chi connectivity index (χ1n) is 11.0. The van der Waals surface area contributed by atoms with Crippen molar-refractivity contribution < 1.29 is 9.47 Å². The molecule has 8 heteroatoms. The van der Waals surface area contributed by atoms with Crippen molar-refractivity contribution in [2.75, 3.05) is 13.1 Å². The molecule has 0 radical (unpaired) electrons. The van der Waals surface area contributed by atoms with E-state index >= 15 is 0 Å². The third-order valence-electron chi connectivity index (χ3n) is 6.50. The largest absolute Gasteiger partial charge is 0.484 e. The van der Waals surface area contributed by atoms with Crippen molar-refractivity contribution in [1.29, 1.82) is 0 Å². The van der Waals surface area contributed by atoms with Gasteiger partial charge in [-0.25, -0.2) is 0 Å². The lowest BCUT2D eigenvalue weighted by Gasteiger charge is -2.32. The molecule has 0 amide bonds. The molecule has 4 N–H and O–H groups in total. The second-order valence-electron chi connectivity index (χ2n) is 9.38. The Morgan fingerprint density at radius 3 is 1.12 bits per heavy atom. The molecule has 4 nitrogen and oxygen atoms in total. The van der Waals surface area contributed by atoms with E-state index in [1.165, 1.54) is 0 Å². The molecule has 2 aromatic carbocycles. The molecule has 2 unspecified atom stereocenters. The maximum Gasteiger partial charge on any atom is 0.148 e. The van der Waals surface area contributed by atoms with Crippen LogP contribution in [0.4, 0.5) is 0 Å². The molecule has 0 aliphatic heterocycles. The van der Waals surface area contributed by atoms with Crippen molar-refractivity contribution >= 4 is 63.7 Å². The van der Waals surface area contributed by atoms with Gasteiger partial charge in [0.1, 0.15) is 22.7 Å². The highest BCUT2D eigenvalue weighted by molar-refractivity contribution is 9.11. The molecule has 0 aliphatic rings. The number of benzene rings is 2. The van der Waals surface area contributed by atoms with Gasteiger partial charge in [0.2, 0.25) is 0 Å². The summed E-state index contributed by atoms with van der Waals surface area (Å²) >= 11 is 14.9. The number of halogens is 4. The minimum absolute atomic E-state index is 0.295. The minimum atomic E-state index is -0.426. The van der Waals surface area contributed by atoms with E-state index < -0.39 is 11.2 Å². The van der Waals surface area contributed by atoms with Gasteiger partial charge in [-0.3, -0.25) is 0 Å². The Kier molecular flexibility index (Phi) is 9.96. The summed E-state index contributed by atoms with van der Waals surface area (Å²) in [6, 6.07) is 8.45. The van der Waals surface area contributed by atoms with Crippen LogP contribution in [0.15, 0.2) is 42.2 Å². The summed E-state index contributed by atoms with van der Waals surface area (Å²) in [6.45, 7) is 13.5. The Labute approximate surface area is 232 Å². The van der Waals surface area contributed by atoms with Gasteiger partial charge in [0.25, 0.3) is 0 Å². The van der Waals surface area contributed by atoms with E-state index in [2.05, 4.69) is 116 Å². The van der Waals surface area contributed by atoms with Gasteiger partial charge in [0, 0.05) is 18.5 Å². The molecule has 0 aliphatic carbocycles. The normalized spacial score (nSPS) is 15.6. The average Bonchev–Trinajstić information content (AvgIpc) is 2.78. The zero-order valence-corrected chi connectivity index (χ0v) is 26.5. The Morgan fingerprint density at radius 2 is 0.909 bits per heavy atom. The van der Waals surface area contributed by atoms with E-state index in [1.807, 2.05) is 13.8 Å². The number of hydrogen-bond donors (Lipinski definition) is 2. The lowest BCUT2D eigenvalue weighted by atomic mass is 9.78. The second kappa shape index (κ2) is 11.3. The van der Waals surface area contributed by atoms with E-state index in [0.717, 1.165) is 53.4 Å². The Morgan fingerprint density at radius 1 is 0.636 bits per heavy atom. The predicted octanol–water partition coefficient (Wildman–Crippen LogP) is 8.07. The van der Waals surface area contributed by atoms with Crippen LogP contribution in [-0.4, -0.2) is 24.3 Å². The molecule has 2 rings (SSSR count). The van der Waals surface area contributed by atoms with Crippen LogP contribution in [0, 0.1) is 0 Å². The summed E-state index contributed by atoms with van der Waals surface area (Å²) in [5, 5.41) is 0. The van der Waals surface area contributed by atoms with Crippen molar-refractivity contribution in [3.63, 3.8) is 0 Å². The SMILES string of the molecule is CCC(C)(CN)Oc1c(Br)cc(C(C)(C)c2cc(Br)c(OC(C)(CC)CN)c(Br)c2)cc1Br. The summed E-state index contributed by atoms with van der Waals surface area (Å²) in [6.07, 6.45) is 1.63. The molecule has 0 bridgehead atoms. The van der Waals surface area contributed by atoms with Crippen LogP contribution < -0.4 is 20.9 Å². The van der Waals surface area contributed by atoms with Crippen molar-refractivity contribution in [3.8, 4) is 11.5 Å². The van der Waals surface area contributed by atoms with Crippen molar-refractivity contribution in [2.45, 2.75) is 71.0 Å². The highest BCUT2D eigenvalue weighted by Crippen LogP contribution is 2.45. The molecule has 0 aromatic heterocycles. The Hall–Kier alpha value is -0.120. The number of rotatable bonds is 10. The van der Waals surface area contributed by atoms with Crippen LogP contribution in [0.3, 0.4) is 0 Å². The molecule has 0 saturated heterocycles. The van der Waals surface area contributed by atoms with E-state index in [-0.39, 0.29) is 5.41 Å². The topological polar surface area (TPSA) is 70.5 Å². The van der Waals surface area contributed by atoms with E-state index in [4.69, 9.17) is 20.9 Å². The van der Waals surface area contributed by atoms with Gasteiger partial charge < -0.3 is 20.9 Å². The monoisotopic (exact) mass is 710 g/mol. The van der Waals surface area contributed by atoms with Gasteiger partial charge in [-0.15, -0.1) is 0 Å². The summed E-state index contributed by atoms with van der Waals surface area (Å²) in [5.74, 6) is 1.52. The van der Waals surface area contributed by atoms with Crippen LogP contribution in [0.2, 0.25) is 0 Å². The van der Waals surface area contributed by atoms with Crippen molar-refractivity contribution in [1.82, 2.24) is 0 Å². The fourth-order valence-corrected chi connectivity index (χ4v) is 5.91. The summed E-state index contributed by atoms with van der Waals surface area (Å²) in [4.78, 5) is 0. The molecule has 184 valence electrons. The van der Waals surface area contributed by atoms with Crippen molar-refractivity contribution in [2.24, 2.45) is 11.5 Å². The van der Waals surface area contributed by atoms with E-state index in [1.54, 1.807) is 0 Å². The van der Waals surface area contributed by atoms with E-state index in [9.17, 15) is 0 Å². The highest BCUT2D eigenvalue weighted by atomic mass is 79.9. The van der Waals surface area contributed by atoms with Crippen LogP contribution >= 0.6 is 63.7 Å². The van der Waals surface area contributed by atoms with Gasteiger partial charge in [-0.05, 0) is 126 Å². The third-order valence-corrected chi connectivity index (χ3v) is 8.85. The molecular formula is C25H34Br4N2O2. The van der Waals surface area contributed by atoms with Gasteiger partial charge in [-0.2, -0.15) is 0 Å². The molecular weight excluding hydrogens is 680 g/mol. The van der Waals surface area contributed by atoms with Crippen LogP contribution in [-0.2, 0) is 5.41 Å². The lowest BCUT2D eigenvalue weighted by molar-refractivity contribution is 0.0913. The molecule has 0 saturated carbocycles. The molecule has 0 heterocycles. The van der Waals surface area contributed by atoms with Crippen LogP contribution in [0.1, 0.15) is 65.5 Å². The predicted molar refractivity (Wildman–Crippen MR) is 153 cm³/mol. The highest BCUT2D eigenvalue weighted by Gasteiger charge is 2.31. The minimum Gasteiger partial charge on any atom is -0.484 e. The van der Waals surface area contributed by atoms with Crippen LogP contribution in [0.5, 0.6) is 11.5 Å². The van der Waals surface area contributed by atoms with Gasteiger partial charge >= 0.3 is 0 Å². The molecule has 33 heavy (non-hydrogen) atoms. The van der Waals surface area contributed by atoms with Crippen molar-refractivity contribution in [3.05, 3.63) is 53.3 Å². The smallest absolute Gasteiger partial charge is 0.148 e. The Balaban J connectivity index is 2.48. The zero-order chi connectivity index (χ0) is 25.2. The molecule has 0 spiro atoms. The van der Waals surface area contributed by atoms with Gasteiger partial charge in [0.15, 0.2) is 0 Å². The number of hydrogen-bond acceptors (Lipinski definition) is 4. The van der Waals surface area contributed by atoms with Gasteiger partial charge in [-0.1, -0.05) is 27.7 Å². The average molecular weight is 714 g/mol. The molecule has 0 fully saturated rings.